The number of aliphatic carboxylic acids is 1. The number of primary amides is 1. The van der Waals surface area contributed by atoms with Crippen molar-refractivity contribution in [3.63, 3.8) is 0 Å². The number of aliphatic hydroxyl groups is 1. The van der Waals surface area contributed by atoms with Crippen molar-refractivity contribution in [3.05, 3.63) is 0 Å². The van der Waals surface area contributed by atoms with Crippen LogP contribution in [0.5, 0.6) is 0 Å². The second-order valence-electron chi connectivity index (χ2n) is 5.69. The van der Waals surface area contributed by atoms with Crippen LogP contribution in [-0.2, 0) is 24.0 Å². The fourth-order valence-electron chi connectivity index (χ4n) is 1.76. The molecule has 4 unspecified atom stereocenters. The molecule has 0 aliphatic rings. The summed E-state index contributed by atoms with van der Waals surface area (Å²) in [6.07, 6.45) is -1.57. The van der Waals surface area contributed by atoms with Crippen molar-refractivity contribution < 1.29 is 34.2 Å². The molecule has 0 aliphatic heterocycles. The quantitative estimate of drug-likeness (QED) is 0.149. The van der Waals surface area contributed by atoms with Gasteiger partial charge in [-0.1, -0.05) is 0 Å². The number of thiol groups is 1. The number of amides is 4. The van der Waals surface area contributed by atoms with E-state index < -0.39 is 60.4 Å². The SMILES string of the molecule is CC(O)C(N)C(=O)NCC(=O)NC(CS)C(=O)NC(CCC(N)=O)C(=O)O. The number of hydrogen-bond acceptors (Lipinski definition) is 8. The van der Waals surface area contributed by atoms with Crippen LogP contribution in [0.25, 0.3) is 0 Å². The van der Waals surface area contributed by atoms with E-state index in [0.717, 1.165) is 0 Å². The summed E-state index contributed by atoms with van der Waals surface area (Å²) in [5, 5.41) is 24.9. The van der Waals surface area contributed by atoms with Crippen molar-refractivity contribution in [2.24, 2.45) is 11.5 Å². The number of nitrogens with one attached hydrogen (secondary N) is 3. The minimum atomic E-state index is -1.37. The zero-order valence-corrected chi connectivity index (χ0v) is 15.6. The minimum absolute atomic E-state index is 0.152. The van der Waals surface area contributed by atoms with Crippen LogP contribution in [0.15, 0.2) is 0 Å². The van der Waals surface area contributed by atoms with E-state index >= 15 is 0 Å². The van der Waals surface area contributed by atoms with Crippen LogP contribution >= 0.6 is 12.6 Å². The number of rotatable bonds is 12. The van der Waals surface area contributed by atoms with Crippen molar-refractivity contribution in [1.82, 2.24) is 16.0 Å². The average molecular weight is 407 g/mol. The van der Waals surface area contributed by atoms with Gasteiger partial charge in [0.1, 0.15) is 18.1 Å². The highest BCUT2D eigenvalue weighted by molar-refractivity contribution is 7.80. The second kappa shape index (κ2) is 12.1. The largest absolute Gasteiger partial charge is 0.480 e. The van der Waals surface area contributed by atoms with Gasteiger partial charge in [-0.25, -0.2) is 4.79 Å². The Morgan fingerprint density at radius 3 is 2.11 bits per heavy atom. The van der Waals surface area contributed by atoms with Gasteiger partial charge in [-0.3, -0.25) is 19.2 Å². The highest BCUT2D eigenvalue weighted by atomic mass is 32.1. The Bertz CT molecular complexity index is 572. The van der Waals surface area contributed by atoms with E-state index in [1.165, 1.54) is 6.92 Å². The number of carbonyl (C=O) groups is 5. The molecule has 0 spiro atoms. The van der Waals surface area contributed by atoms with Gasteiger partial charge in [0.2, 0.25) is 23.6 Å². The maximum absolute atomic E-state index is 12.1. The number of carboxylic acid groups (broad SMARTS) is 1. The molecule has 0 bridgehead atoms. The third-order valence-corrected chi connectivity index (χ3v) is 3.74. The normalized spacial score (nSPS) is 15.0. The van der Waals surface area contributed by atoms with Crippen molar-refractivity contribution >= 4 is 42.2 Å². The minimum Gasteiger partial charge on any atom is -0.480 e. The van der Waals surface area contributed by atoms with E-state index in [-0.39, 0.29) is 18.6 Å². The first-order chi connectivity index (χ1) is 12.5. The first-order valence-electron chi connectivity index (χ1n) is 7.92. The molecule has 0 aliphatic carbocycles. The molecule has 12 nitrogen and oxygen atoms in total. The van der Waals surface area contributed by atoms with Crippen LogP contribution in [0.1, 0.15) is 19.8 Å². The molecule has 0 saturated carbocycles. The van der Waals surface area contributed by atoms with E-state index in [1.807, 2.05) is 0 Å². The Labute approximate surface area is 160 Å². The summed E-state index contributed by atoms with van der Waals surface area (Å²) in [5.74, 6) is -4.58. The summed E-state index contributed by atoms with van der Waals surface area (Å²) in [6.45, 7) is 0.795. The molecule has 0 heterocycles. The third kappa shape index (κ3) is 9.77. The summed E-state index contributed by atoms with van der Waals surface area (Å²) in [6, 6.07) is -3.77. The number of nitrogens with two attached hydrogens (primary N) is 2. The maximum Gasteiger partial charge on any atom is 0.326 e. The molecule has 9 N–H and O–H groups in total. The average Bonchev–Trinajstić information content (AvgIpc) is 2.59. The predicted molar refractivity (Wildman–Crippen MR) is 96.4 cm³/mol. The van der Waals surface area contributed by atoms with E-state index in [4.69, 9.17) is 16.6 Å². The molecule has 0 saturated heterocycles. The van der Waals surface area contributed by atoms with Gasteiger partial charge in [0.25, 0.3) is 0 Å². The van der Waals surface area contributed by atoms with E-state index in [0.29, 0.717) is 0 Å². The van der Waals surface area contributed by atoms with Gasteiger partial charge in [-0.15, -0.1) is 0 Å². The van der Waals surface area contributed by atoms with E-state index in [2.05, 4.69) is 28.6 Å². The highest BCUT2D eigenvalue weighted by Gasteiger charge is 2.26. The van der Waals surface area contributed by atoms with Gasteiger partial charge in [0.15, 0.2) is 0 Å². The second-order valence-corrected chi connectivity index (χ2v) is 6.06. The number of hydrogen-bond donors (Lipinski definition) is 8. The van der Waals surface area contributed by atoms with E-state index in [9.17, 15) is 29.1 Å². The molecular formula is C14H25N5O7S. The van der Waals surface area contributed by atoms with Crippen molar-refractivity contribution in [1.29, 1.82) is 0 Å². The molecule has 0 aromatic heterocycles. The zero-order chi connectivity index (χ0) is 21.1. The van der Waals surface area contributed by atoms with Crippen molar-refractivity contribution in [3.8, 4) is 0 Å². The lowest BCUT2D eigenvalue weighted by Gasteiger charge is -2.20. The highest BCUT2D eigenvalue weighted by Crippen LogP contribution is 1.99. The molecule has 154 valence electrons. The molecule has 4 amide bonds. The van der Waals surface area contributed by atoms with Gasteiger partial charge in [0, 0.05) is 12.2 Å². The monoisotopic (exact) mass is 407 g/mol. The molecule has 0 aromatic rings. The van der Waals surface area contributed by atoms with Gasteiger partial charge >= 0.3 is 5.97 Å². The molecule has 0 aromatic carbocycles. The Balaban J connectivity index is 4.65. The van der Waals surface area contributed by atoms with Gasteiger partial charge in [-0.05, 0) is 13.3 Å². The summed E-state index contributed by atoms with van der Waals surface area (Å²) in [4.78, 5) is 57.4. The Hall–Kier alpha value is -2.38. The Morgan fingerprint density at radius 2 is 1.67 bits per heavy atom. The van der Waals surface area contributed by atoms with Gasteiger partial charge in [-0.2, -0.15) is 12.6 Å². The van der Waals surface area contributed by atoms with Gasteiger partial charge < -0.3 is 37.6 Å². The smallest absolute Gasteiger partial charge is 0.326 e. The lowest BCUT2D eigenvalue weighted by atomic mass is 10.1. The Kier molecular flexibility index (Phi) is 11.0. The first-order valence-corrected chi connectivity index (χ1v) is 8.55. The first kappa shape index (κ1) is 24.6. The van der Waals surface area contributed by atoms with E-state index in [1.54, 1.807) is 0 Å². The summed E-state index contributed by atoms with van der Waals surface area (Å²) < 4.78 is 0. The number of carbonyl (C=O) groups excluding carboxylic acids is 4. The Morgan fingerprint density at radius 1 is 1.07 bits per heavy atom. The van der Waals surface area contributed by atoms with Crippen molar-refractivity contribution in [2.45, 2.75) is 44.0 Å². The van der Waals surface area contributed by atoms with Crippen LogP contribution in [0.3, 0.4) is 0 Å². The lowest BCUT2D eigenvalue weighted by Crippen LogP contribution is -2.55. The van der Waals surface area contributed by atoms with Crippen LogP contribution < -0.4 is 27.4 Å². The number of carboxylic acids is 1. The van der Waals surface area contributed by atoms with Crippen LogP contribution in [-0.4, -0.2) is 76.3 Å². The van der Waals surface area contributed by atoms with Gasteiger partial charge in [0.05, 0.1) is 12.6 Å². The van der Waals surface area contributed by atoms with Crippen LogP contribution in [0.2, 0.25) is 0 Å². The molecule has 27 heavy (non-hydrogen) atoms. The topological polar surface area (TPSA) is 214 Å². The maximum atomic E-state index is 12.1. The number of aliphatic hydroxyl groups excluding tert-OH is 1. The standard InChI is InChI=1S/C14H25N5O7S/c1-6(20)11(16)13(24)17-4-10(22)18-8(5-27)12(23)19-7(14(25)26)2-3-9(15)21/h6-8,11,20,27H,2-5,16H2,1H3,(H2,15,21)(H,17,24)(H,18,22)(H,19,23)(H,25,26). The third-order valence-electron chi connectivity index (χ3n) is 3.37. The van der Waals surface area contributed by atoms with Crippen LogP contribution in [0.4, 0.5) is 0 Å². The fraction of sp³-hybridized carbons (Fsp3) is 0.643. The summed E-state index contributed by atoms with van der Waals surface area (Å²) in [7, 11) is 0. The lowest BCUT2D eigenvalue weighted by molar-refractivity contribution is -0.142. The molecule has 0 radical (unpaired) electrons. The fourth-order valence-corrected chi connectivity index (χ4v) is 2.02. The molecule has 13 heteroatoms. The van der Waals surface area contributed by atoms with Crippen LogP contribution in [0, 0.1) is 0 Å². The molecule has 0 rings (SSSR count). The predicted octanol–water partition coefficient (Wildman–Crippen LogP) is -3.94. The molecule has 0 fully saturated rings. The summed E-state index contributed by atoms with van der Waals surface area (Å²) in [5.41, 5.74) is 10.3. The summed E-state index contributed by atoms with van der Waals surface area (Å²) >= 11 is 3.92. The molecular weight excluding hydrogens is 382 g/mol. The molecule has 4 atom stereocenters. The zero-order valence-electron chi connectivity index (χ0n) is 14.7. The van der Waals surface area contributed by atoms with Crippen molar-refractivity contribution in [2.75, 3.05) is 12.3 Å².